The predicted molar refractivity (Wildman–Crippen MR) is 105 cm³/mol. The molecule has 0 N–H and O–H groups in total. The lowest BCUT2D eigenvalue weighted by molar-refractivity contribution is -0.119. The van der Waals surface area contributed by atoms with Crippen LogP contribution in [0.5, 0.6) is 0 Å². The number of fused-ring (bicyclic) bond motifs is 1. The van der Waals surface area contributed by atoms with Crippen molar-refractivity contribution >= 4 is 27.6 Å². The first-order valence-corrected chi connectivity index (χ1v) is 10.8. The predicted octanol–water partition coefficient (Wildman–Crippen LogP) is 2.06. The molecule has 0 radical (unpaired) electrons. The van der Waals surface area contributed by atoms with Crippen LogP contribution in [0.4, 0.5) is 10.5 Å². The fourth-order valence-electron chi connectivity index (χ4n) is 3.71. The summed E-state index contributed by atoms with van der Waals surface area (Å²) >= 11 is 0. The summed E-state index contributed by atoms with van der Waals surface area (Å²) in [7, 11) is -3.60. The van der Waals surface area contributed by atoms with E-state index in [1.54, 1.807) is 48.5 Å². The van der Waals surface area contributed by atoms with Gasteiger partial charge in [0.05, 0.1) is 11.4 Å². The minimum absolute atomic E-state index is 0.0108. The third-order valence-electron chi connectivity index (χ3n) is 5.10. The van der Waals surface area contributed by atoms with E-state index in [2.05, 4.69) is 0 Å². The van der Waals surface area contributed by atoms with Crippen LogP contribution < -0.4 is 4.90 Å². The van der Waals surface area contributed by atoms with Crippen LogP contribution >= 0.6 is 0 Å². The largest absolute Gasteiger partial charge is 0.332 e. The molecule has 2 heterocycles. The summed E-state index contributed by atoms with van der Waals surface area (Å²) in [5, 5.41) is 0. The van der Waals surface area contributed by atoms with Crippen molar-refractivity contribution in [3.05, 3.63) is 66.2 Å². The molecule has 1 unspecified atom stereocenters. The van der Waals surface area contributed by atoms with Gasteiger partial charge in [-0.25, -0.2) is 18.1 Å². The van der Waals surface area contributed by atoms with Gasteiger partial charge in [-0.15, -0.1) is 0 Å². The van der Waals surface area contributed by atoms with E-state index in [-0.39, 0.29) is 24.2 Å². The molecule has 28 heavy (non-hydrogen) atoms. The van der Waals surface area contributed by atoms with Gasteiger partial charge in [-0.1, -0.05) is 48.5 Å². The normalized spacial score (nSPS) is 20.9. The number of anilines is 1. The molecule has 2 aliphatic heterocycles. The molecule has 3 amide bonds. The molecule has 0 spiro atoms. The smallest absolute Gasteiger partial charge is 0.311 e. The first-order valence-electron chi connectivity index (χ1n) is 9.19. The summed E-state index contributed by atoms with van der Waals surface area (Å²) < 4.78 is 27.2. The molecule has 0 aromatic heterocycles. The number of nitrogens with zero attached hydrogens (tertiary/aromatic N) is 3. The number of carbonyl (C=O) groups excluding carboxylic acids is 2. The van der Waals surface area contributed by atoms with Crippen molar-refractivity contribution in [3.8, 4) is 0 Å². The fourth-order valence-corrected chi connectivity index (χ4v) is 5.28. The lowest BCUT2D eigenvalue weighted by Gasteiger charge is -2.23. The Labute approximate surface area is 164 Å². The second kappa shape index (κ2) is 7.37. The maximum atomic E-state index is 13.0. The topological polar surface area (TPSA) is 78.0 Å². The van der Waals surface area contributed by atoms with E-state index in [0.29, 0.717) is 30.8 Å². The first-order chi connectivity index (χ1) is 13.5. The number of para-hydroxylation sites is 1. The minimum atomic E-state index is -3.60. The van der Waals surface area contributed by atoms with Gasteiger partial charge in [0.1, 0.15) is 6.04 Å². The Bertz CT molecular complexity index is 979. The maximum Gasteiger partial charge on any atom is 0.332 e. The molecule has 2 fully saturated rings. The second-order valence-corrected chi connectivity index (χ2v) is 8.92. The number of amides is 3. The number of sulfonamides is 1. The summed E-state index contributed by atoms with van der Waals surface area (Å²) in [6, 6.07) is 16.5. The Morgan fingerprint density at radius 3 is 2.21 bits per heavy atom. The van der Waals surface area contributed by atoms with Gasteiger partial charge in [0, 0.05) is 19.6 Å². The van der Waals surface area contributed by atoms with E-state index in [9.17, 15) is 18.0 Å². The highest BCUT2D eigenvalue weighted by atomic mass is 32.2. The van der Waals surface area contributed by atoms with Crippen LogP contribution in [0, 0.1) is 0 Å². The number of hydrogen-bond acceptors (Lipinski definition) is 4. The number of urea groups is 1. The molecule has 7 nitrogen and oxygen atoms in total. The van der Waals surface area contributed by atoms with Crippen molar-refractivity contribution in [1.29, 1.82) is 0 Å². The van der Waals surface area contributed by atoms with Gasteiger partial charge in [-0.2, -0.15) is 4.31 Å². The van der Waals surface area contributed by atoms with Gasteiger partial charge in [-0.3, -0.25) is 4.79 Å². The van der Waals surface area contributed by atoms with Gasteiger partial charge >= 0.3 is 6.03 Å². The van der Waals surface area contributed by atoms with Crippen LogP contribution in [0.15, 0.2) is 60.7 Å². The highest BCUT2D eigenvalue weighted by Gasteiger charge is 2.48. The lowest BCUT2D eigenvalue weighted by Crippen LogP contribution is -2.43. The average Bonchev–Trinajstić information content (AvgIpc) is 2.85. The van der Waals surface area contributed by atoms with Crippen LogP contribution in [-0.2, 0) is 20.6 Å². The quantitative estimate of drug-likeness (QED) is 0.738. The zero-order chi connectivity index (χ0) is 19.7. The molecular formula is C20H21N3O4S. The summed E-state index contributed by atoms with van der Waals surface area (Å²) in [5.41, 5.74) is 1.20. The average molecular weight is 399 g/mol. The van der Waals surface area contributed by atoms with Crippen molar-refractivity contribution in [2.24, 2.45) is 0 Å². The summed E-state index contributed by atoms with van der Waals surface area (Å²) in [5.74, 6) is -0.497. The van der Waals surface area contributed by atoms with Gasteiger partial charge in [-0.05, 0) is 24.1 Å². The summed E-state index contributed by atoms with van der Waals surface area (Å²) in [6.45, 7) is 0.646. The summed E-state index contributed by atoms with van der Waals surface area (Å²) in [4.78, 5) is 28.4. The molecule has 4 rings (SSSR count). The SMILES string of the molecule is O=C1C2CN(S(=O)(=O)Cc3ccccc3)CCCN2C(=O)N1c1ccccc1. The van der Waals surface area contributed by atoms with Crippen LogP contribution in [0.1, 0.15) is 12.0 Å². The van der Waals surface area contributed by atoms with Crippen molar-refractivity contribution in [2.75, 3.05) is 24.5 Å². The number of hydrogen-bond donors (Lipinski definition) is 0. The zero-order valence-corrected chi connectivity index (χ0v) is 16.1. The lowest BCUT2D eigenvalue weighted by atomic mass is 10.2. The van der Waals surface area contributed by atoms with Crippen molar-refractivity contribution in [1.82, 2.24) is 9.21 Å². The van der Waals surface area contributed by atoms with Crippen LogP contribution in [0.3, 0.4) is 0 Å². The highest BCUT2D eigenvalue weighted by molar-refractivity contribution is 7.88. The van der Waals surface area contributed by atoms with Crippen molar-refractivity contribution in [2.45, 2.75) is 18.2 Å². The van der Waals surface area contributed by atoms with Crippen LogP contribution in [-0.4, -0.2) is 55.2 Å². The van der Waals surface area contributed by atoms with E-state index in [1.165, 1.54) is 9.21 Å². The van der Waals surface area contributed by atoms with E-state index < -0.39 is 16.1 Å². The minimum Gasteiger partial charge on any atom is -0.311 e. The molecule has 146 valence electrons. The molecule has 0 saturated carbocycles. The van der Waals surface area contributed by atoms with E-state index in [0.717, 1.165) is 4.90 Å². The van der Waals surface area contributed by atoms with Crippen LogP contribution in [0.25, 0.3) is 0 Å². The number of carbonyl (C=O) groups is 2. The molecule has 2 aromatic carbocycles. The van der Waals surface area contributed by atoms with E-state index >= 15 is 0 Å². The van der Waals surface area contributed by atoms with Crippen LogP contribution in [0.2, 0.25) is 0 Å². The molecule has 2 aromatic rings. The Morgan fingerprint density at radius 2 is 1.54 bits per heavy atom. The molecular weight excluding hydrogens is 378 g/mol. The molecule has 0 aliphatic carbocycles. The van der Waals surface area contributed by atoms with Gasteiger partial charge in [0.2, 0.25) is 10.0 Å². The molecule has 2 saturated heterocycles. The molecule has 2 aliphatic rings. The number of imide groups is 1. The van der Waals surface area contributed by atoms with Gasteiger partial charge in [0.25, 0.3) is 5.91 Å². The van der Waals surface area contributed by atoms with Gasteiger partial charge < -0.3 is 4.90 Å². The van der Waals surface area contributed by atoms with E-state index in [1.807, 2.05) is 12.1 Å². The molecule has 0 bridgehead atoms. The third kappa shape index (κ3) is 3.41. The maximum absolute atomic E-state index is 13.0. The van der Waals surface area contributed by atoms with Crippen molar-refractivity contribution in [3.63, 3.8) is 0 Å². The molecule has 8 heteroatoms. The monoisotopic (exact) mass is 399 g/mol. The fraction of sp³-hybridized carbons (Fsp3) is 0.300. The van der Waals surface area contributed by atoms with Gasteiger partial charge in [0.15, 0.2) is 0 Å². The Balaban J connectivity index is 1.58. The number of rotatable bonds is 4. The summed E-state index contributed by atoms with van der Waals surface area (Å²) in [6.07, 6.45) is 0.492. The van der Waals surface area contributed by atoms with Crippen molar-refractivity contribution < 1.29 is 18.0 Å². The standard InChI is InChI=1S/C20H21N3O4S/c24-19-18-14-21(28(26,27)15-16-8-3-1-4-9-16)12-7-13-22(18)20(25)23(19)17-10-5-2-6-11-17/h1-6,8-11,18H,7,12-15H2. The highest BCUT2D eigenvalue weighted by Crippen LogP contribution is 2.28. The zero-order valence-electron chi connectivity index (χ0n) is 15.3. The van der Waals surface area contributed by atoms with E-state index in [4.69, 9.17) is 0 Å². The third-order valence-corrected chi connectivity index (χ3v) is 6.92. The Kier molecular flexibility index (Phi) is 4.91. The molecule has 1 atom stereocenters. The number of benzene rings is 2. The first kappa shape index (κ1) is 18.6. The Morgan fingerprint density at radius 1 is 0.893 bits per heavy atom. The second-order valence-electron chi connectivity index (χ2n) is 6.95. The Hall–Kier alpha value is -2.71.